The molecule has 1 fully saturated rings. The second-order valence-corrected chi connectivity index (χ2v) is 7.51. The van der Waals surface area contributed by atoms with Crippen molar-refractivity contribution < 1.29 is 9.13 Å². The molecule has 1 nitrogen and oxygen atoms in total. The molecule has 118 valence electrons. The summed E-state index contributed by atoms with van der Waals surface area (Å²) in [6.45, 7) is 4.62. The summed E-state index contributed by atoms with van der Waals surface area (Å²) in [5, 5.41) is 0. The van der Waals surface area contributed by atoms with E-state index < -0.39 is 0 Å². The quantitative estimate of drug-likeness (QED) is 0.771. The van der Waals surface area contributed by atoms with Gasteiger partial charge in [-0.05, 0) is 66.5 Å². The van der Waals surface area contributed by atoms with Crippen molar-refractivity contribution in [2.75, 3.05) is 7.11 Å². The van der Waals surface area contributed by atoms with Gasteiger partial charge in [0.05, 0.1) is 6.10 Å². The Kier molecular flexibility index (Phi) is 4.13. The van der Waals surface area contributed by atoms with Crippen LogP contribution in [0.25, 0.3) is 0 Å². The van der Waals surface area contributed by atoms with E-state index in [0.717, 1.165) is 44.9 Å². The summed E-state index contributed by atoms with van der Waals surface area (Å²) in [6.07, 6.45) is 8.22. The maximum atomic E-state index is 13.9. The fourth-order valence-electron chi connectivity index (χ4n) is 5.14. The van der Waals surface area contributed by atoms with Crippen molar-refractivity contribution in [2.45, 2.75) is 70.3 Å². The number of hydrogen-bond acceptors (Lipinski definition) is 1. The van der Waals surface area contributed by atoms with Crippen molar-refractivity contribution in [2.24, 2.45) is 5.41 Å². The lowest BCUT2D eigenvalue weighted by molar-refractivity contribution is -0.00322. The summed E-state index contributed by atoms with van der Waals surface area (Å²) in [4.78, 5) is 0. The Hall–Kier alpha value is -0.825. The molecule has 22 heavy (non-hydrogen) atoms. The Bertz CT molecular complexity index is 563. The third kappa shape index (κ3) is 2.24. The first-order chi connectivity index (χ1) is 10.5. The molecule has 1 spiro atoms. The first-order valence-corrected chi connectivity index (χ1v) is 8.57. The molecule has 1 saturated carbocycles. The third-order valence-electron chi connectivity index (χ3n) is 6.49. The molecule has 1 aromatic carbocycles. The van der Waals surface area contributed by atoms with Crippen LogP contribution in [0.4, 0.5) is 4.39 Å². The first kappa shape index (κ1) is 16.0. The standard InChI is InChI=1S/C19H26BFO/c1-4-7-18(2)15-11-16(20)17(21)10-13(15)12-19(18)8-5-14(22-3)6-9-19/h10-11,14H,4-9,12H2,1-3H3/t14?,18-,19?/m0/s1. The van der Waals surface area contributed by atoms with E-state index >= 15 is 0 Å². The second-order valence-electron chi connectivity index (χ2n) is 7.51. The largest absolute Gasteiger partial charge is 0.381 e. The van der Waals surface area contributed by atoms with E-state index in [1.54, 1.807) is 6.07 Å². The number of benzene rings is 1. The predicted molar refractivity (Wildman–Crippen MR) is 89.5 cm³/mol. The van der Waals surface area contributed by atoms with Gasteiger partial charge in [0.25, 0.3) is 0 Å². The minimum Gasteiger partial charge on any atom is -0.381 e. The van der Waals surface area contributed by atoms with E-state index in [1.807, 2.05) is 13.2 Å². The number of halogens is 1. The van der Waals surface area contributed by atoms with Gasteiger partial charge in [-0.1, -0.05) is 31.8 Å². The monoisotopic (exact) mass is 300 g/mol. The molecule has 2 aliphatic carbocycles. The molecular weight excluding hydrogens is 274 g/mol. The van der Waals surface area contributed by atoms with Gasteiger partial charge < -0.3 is 4.74 Å². The van der Waals surface area contributed by atoms with Crippen molar-refractivity contribution in [1.29, 1.82) is 0 Å². The van der Waals surface area contributed by atoms with Crippen LogP contribution >= 0.6 is 0 Å². The summed E-state index contributed by atoms with van der Waals surface area (Å²) >= 11 is 0. The zero-order chi connectivity index (χ0) is 16.0. The van der Waals surface area contributed by atoms with Crippen LogP contribution in [0.15, 0.2) is 12.1 Å². The Labute approximate surface area is 135 Å². The molecule has 2 radical (unpaired) electrons. The highest BCUT2D eigenvalue weighted by Gasteiger charge is 2.54. The van der Waals surface area contributed by atoms with E-state index in [-0.39, 0.29) is 16.6 Å². The fraction of sp³-hybridized carbons (Fsp3) is 0.684. The minimum absolute atomic E-state index is 0.109. The second kappa shape index (κ2) is 5.67. The molecule has 0 aromatic heterocycles. The molecule has 3 rings (SSSR count). The van der Waals surface area contributed by atoms with Crippen LogP contribution in [0.1, 0.15) is 63.5 Å². The van der Waals surface area contributed by atoms with Crippen LogP contribution in [0.5, 0.6) is 0 Å². The summed E-state index contributed by atoms with van der Waals surface area (Å²) < 4.78 is 19.5. The van der Waals surface area contributed by atoms with E-state index in [0.29, 0.717) is 11.6 Å². The maximum absolute atomic E-state index is 13.9. The van der Waals surface area contributed by atoms with Crippen molar-refractivity contribution in [3.63, 3.8) is 0 Å². The molecule has 2 aliphatic rings. The zero-order valence-electron chi connectivity index (χ0n) is 14.0. The van der Waals surface area contributed by atoms with Crippen LogP contribution in [0.2, 0.25) is 0 Å². The summed E-state index contributed by atoms with van der Waals surface area (Å²) in [6, 6.07) is 3.60. The normalized spacial score (nSPS) is 34.1. The molecule has 0 aliphatic heterocycles. The number of methoxy groups -OCH3 is 1. The van der Waals surface area contributed by atoms with Crippen molar-refractivity contribution in [1.82, 2.24) is 0 Å². The molecule has 1 atom stereocenters. The highest BCUT2D eigenvalue weighted by Crippen LogP contribution is 2.60. The van der Waals surface area contributed by atoms with Crippen LogP contribution < -0.4 is 5.46 Å². The number of hydrogen-bond donors (Lipinski definition) is 0. The average molecular weight is 300 g/mol. The Morgan fingerprint density at radius 1 is 1.32 bits per heavy atom. The van der Waals surface area contributed by atoms with Gasteiger partial charge in [0.2, 0.25) is 0 Å². The Morgan fingerprint density at radius 2 is 2.00 bits per heavy atom. The van der Waals surface area contributed by atoms with Gasteiger partial charge in [0, 0.05) is 7.11 Å². The highest BCUT2D eigenvalue weighted by atomic mass is 19.1. The van der Waals surface area contributed by atoms with Crippen LogP contribution in [0, 0.1) is 11.2 Å². The smallest absolute Gasteiger partial charge is 0.117 e. The van der Waals surface area contributed by atoms with Gasteiger partial charge in [0.15, 0.2) is 0 Å². The Balaban J connectivity index is 2.02. The summed E-state index contributed by atoms with van der Waals surface area (Å²) in [5.74, 6) is -0.264. The van der Waals surface area contributed by atoms with E-state index in [9.17, 15) is 4.39 Å². The van der Waals surface area contributed by atoms with Gasteiger partial charge in [-0.3, -0.25) is 0 Å². The average Bonchev–Trinajstić information content (AvgIpc) is 2.71. The fourth-order valence-corrected chi connectivity index (χ4v) is 5.14. The lowest BCUT2D eigenvalue weighted by Crippen LogP contribution is -2.44. The van der Waals surface area contributed by atoms with E-state index in [4.69, 9.17) is 12.6 Å². The van der Waals surface area contributed by atoms with Crippen LogP contribution in [-0.2, 0) is 16.6 Å². The molecule has 0 saturated heterocycles. The Morgan fingerprint density at radius 3 is 2.59 bits per heavy atom. The van der Waals surface area contributed by atoms with Crippen molar-refractivity contribution in [3.05, 3.63) is 29.1 Å². The topological polar surface area (TPSA) is 9.23 Å². The highest BCUT2D eigenvalue weighted by molar-refractivity contribution is 6.32. The van der Waals surface area contributed by atoms with Gasteiger partial charge >= 0.3 is 0 Å². The summed E-state index contributed by atoms with van der Waals surface area (Å²) in [5.41, 5.74) is 3.13. The van der Waals surface area contributed by atoms with Crippen molar-refractivity contribution >= 4 is 13.3 Å². The lowest BCUT2D eigenvalue weighted by atomic mass is 9.56. The van der Waals surface area contributed by atoms with Crippen LogP contribution in [0.3, 0.4) is 0 Å². The molecule has 1 aromatic rings. The number of fused-ring (bicyclic) bond motifs is 1. The van der Waals surface area contributed by atoms with Crippen molar-refractivity contribution in [3.8, 4) is 0 Å². The summed E-state index contributed by atoms with van der Waals surface area (Å²) in [7, 11) is 7.69. The maximum Gasteiger partial charge on any atom is 0.117 e. The van der Waals surface area contributed by atoms with E-state index in [1.165, 1.54) is 11.1 Å². The molecule has 0 amide bonds. The molecule has 0 N–H and O–H groups in total. The lowest BCUT2D eigenvalue weighted by Gasteiger charge is -2.48. The van der Waals surface area contributed by atoms with Gasteiger partial charge in [-0.2, -0.15) is 0 Å². The molecule has 0 heterocycles. The zero-order valence-corrected chi connectivity index (χ0v) is 14.0. The third-order valence-corrected chi connectivity index (χ3v) is 6.49. The van der Waals surface area contributed by atoms with Gasteiger partial charge in [-0.25, -0.2) is 4.39 Å². The predicted octanol–water partition coefficient (Wildman–Crippen LogP) is 3.81. The van der Waals surface area contributed by atoms with Gasteiger partial charge in [0.1, 0.15) is 13.7 Å². The van der Waals surface area contributed by atoms with E-state index in [2.05, 4.69) is 13.8 Å². The molecule has 0 unspecified atom stereocenters. The molecular formula is C19H26BFO. The number of rotatable bonds is 3. The SMILES string of the molecule is [B]c1cc2c(cc1F)CC1(CCC(OC)CC1)[C@@]2(C)CCC. The number of ether oxygens (including phenoxy) is 1. The first-order valence-electron chi connectivity index (χ1n) is 8.57. The van der Waals surface area contributed by atoms with Crippen LogP contribution in [-0.4, -0.2) is 21.1 Å². The van der Waals surface area contributed by atoms with Gasteiger partial charge in [-0.15, -0.1) is 0 Å². The molecule has 0 bridgehead atoms. The minimum atomic E-state index is -0.264. The molecule has 3 heteroatoms.